The number of hydrogen-bond acceptors (Lipinski definition) is 3. The first-order chi connectivity index (χ1) is 13.9. The van der Waals surface area contributed by atoms with Gasteiger partial charge in [-0.05, 0) is 5.56 Å². The molecule has 5 aromatic rings. The van der Waals surface area contributed by atoms with E-state index in [4.69, 9.17) is 15.0 Å². The molecule has 0 bridgehead atoms. The summed E-state index contributed by atoms with van der Waals surface area (Å²) in [7, 11) is 0. The molecule has 2 aromatic heterocycles. The van der Waals surface area contributed by atoms with E-state index in [9.17, 15) is 0 Å². The van der Waals surface area contributed by atoms with Crippen molar-refractivity contribution in [1.82, 2.24) is 19.5 Å². The van der Waals surface area contributed by atoms with Crippen LogP contribution in [0.2, 0.25) is 0 Å². The van der Waals surface area contributed by atoms with Crippen LogP contribution in [0.5, 0.6) is 0 Å². The summed E-state index contributed by atoms with van der Waals surface area (Å²) in [6, 6.07) is 28.9. The van der Waals surface area contributed by atoms with Crippen molar-refractivity contribution in [3.63, 3.8) is 0 Å². The predicted molar refractivity (Wildman–Crippen MR) is 111 cm³/mol. The summed E-state index contributed by atoms with van der Waals surface area (Å²) in [5.41, 5.74) is 7.23. The van der Waals surface area contributed by atoms with Crippen LogP contribution < -0.4 is 0 Å². The Kier molecular flexibility index (Phi) is 3.20. The van der Waals surface area contributed by atoms with Gasteiger partial charge in [-0.1, -0.05) is 84.9 Å². The molecule has 28 heavy (non-hydrogen) atoms. The van der Waals surface area contributed by atoms with Gasteiger partial charge in [0.25, 0.3) is 0 Å². The first-order valence-electron chi connectivity index (χ1n) is 9.36. The fraction of sp³-hybridized carbons (Fsp3) is 0.0417. The third kappa shape index (κ3) is 2.21. The lowest BCUT2D eigenvalue weighted by molar-refractivity contribution is 0.823. The molecular formula is C24H16N4. The number of imidazole rings is 1. The van der Waals surface area contributed by atoms with Crippen LogP contribution in [0.3, 0.4) is 0 Å². The van der Waals surface area contributed by atoms with Crippen molar-refractivity contribution >= 4 is 11.2 Å². The van der Waals surface area contributed by atoms with Gasteiger partial charge in [0.1, 0.15) is 17.0 Å². The molecule has 4 nitrogen and oxygen atoms in total. The molecule has 0 unspecified atom stereocenters. The van der Waals surface area contributed by atoms with Crippen LogP contribution in [-0.4, -0.2) is 19.5 Å². The summed E-state index contributed by atoms with van der Waals surface area (Å²) in [5.74, 6) is 1.65. The second-order valence-corrected chi connectivity index (χ2v) is 6.98. The Labute approximate surface area is 162 Å². The zero-order valence-corrected chi connectivity index (χ0v) is 15.1. The van der Waals surface area contributed by atoms with Gasteiger partial charge in [-0.25, -0.2) is 15.0 Å². The van der Waals surface area contributed by atoms with Crippen molar-refractivity contribution in [2.24, 2.45) is 0 Å². The van der Waals surface area contributed by atoms with Crippen LogP contribution >= 0.6 is 0 Å². The highest BCUT2D eigenvalue weighted by Gasteiger charge is 2.25. The number of benzene rings is 3. The quantitative estimate of drug-likeness (QED) is 0.427. The molecule has 0 amide bonds. The molecule has 0 saturated carbocycles. The van der Waals surface area contributed by atoms with E-state index < -0.39 is 0 Å². The lowest BCUT2D eigenvalue weighted by Gasteiger charge is -2.20. The van der Waals surface area contributed by atoms with Crippen molar-refractivity contribution in [1.29, 1.82) is 0 Å². The molecule has 0 N–H and O–H groups in total. The molecule has 0 aliphatic carbocycles. The summed E-state index contributed by atoms with van der Waals surface area (Å²) >= 11 is 0. The Hall–Kier alpha value is -3.79. The molecule has 3 heterocycles. The lowest BCUT2D eigenvalue weighted by Crippen LogP contribution is -2.10. The van der Waals surface area contributed by atoms with Gasteiger partial charge in [0.2, 0.25) is 0 Å². The maximum absolute atomic E-state index is 4.98. The summed E-state index contributed by atoms with van der Waals surface area (Å²) in [6.45, 7) is 0.776. The zero-order chi connectivity index (χ0) is 18.5. The minimum absolute atomic E-state index is 0.712. The summed E-state index contributed by atoms with van der Waals surface area (Å²) in [4.78, 5) is 14.7. The van der Waals surface area contributed by atoms with Crippen molar-refractivity contribution in [3.05, 3.63) is 90.5 Å². The first kappa shape index (κ1) is 15.3. The lowest BCUT2D eigenvalue weighted by atomic mass is 10.00. The summed E-state index contributed by atoms with van der Waals surface area (Å²) in [6.07, 6.45) is 0. The Morgan fingerprint density at radius 2 is 1.32 bits per heavy atom. The number of aromatic nitrogens is 4. The zero-order valence-electron chi connectivity index (χ0n) is 15.1. The average molecular weight is 360 g/mol. The Morgan fingerprint density at radius 1 is 0.643 bits per heavy atom. The van der Waals surface area contributed by atoms with Gasteiger partial charge in [-0.3, -0.25) is 0 Å². The first-order valence-corrected chi connectivity index (χ1v) is 9.36. The topological polar surface area (TPSA) is 43.6 Å². The van der Waals surface area contributed by atoms with Crippen molar-refractivity contribution in [2.45, 2.75) is 6.54 Å². The van der Waals surface area contributed by atoms with Gasteiger partial charge in [-0.15, -0.1) is 0 Å². The maximum atomic E-state index is 4.98. The monoisotopic (exact) mass is 360 g/mol. The number of rotatable bonds is 2. The molecule has 0 spiro atoms. The highest BCUT2D eigenvalue weighted by Crippen LogP contribution is 2.38. The molecule has 132 valence electrons. The van der Waals surface area contributed by atoms with E-state index in [1.165, 1.54) is 11.1 Å². The van der Waals surface area contributed by atoms with Crippen molar-refractivity contribution < 1.29 is 0 Å². The largest absolute Gasteiger partial charge is 0.316 e. The Bertz CT molecular complexity index is 1320. The second kappa shape index (κ2) is 5.86. The van der Waals surface area contributed by atoms with E-state index in [0.717, 1.165) is 40.4 Å². The Balaban J connectivity index is 1.70. The molecule has 1 aliphatic heterocycles. The van der Waals surface area contributed by atoms with Gasteiger partial charge in [-0.2, -0.15) is 0 Å². The number of fused-ring (bicyclic) bond motifs is 2. The molecule has 0 atom stereocenters. The smallest absolute Gasteiger partial charge is 0.182 e. The minimum atomic E-state index is 0.712. The average Bonchev–Trinajstić information content (AvgIpc) is 3.14. The van der Waals surface area contributed by atoms with Crippen LogP contribution in [0.1, 0.15) is 5.56 Å². The molecule has 0 radical (unpaired) electrons. The number of hydrogen-bond donors (Lipinski definition) is 0. The summed E-state index contributed by atoms with van der Waals surface area (Å²) in [5, 5.41) is 0. The standard InChI is InChI=1S/C24H16N4/c1-3-9-16(10-4-1)22-25-20-19-14-8-7-13-18(19)15-28-21(20)23(26-22)27-24(28)17-11-5-2-6-12-17/h1-14H,15H2. The third-order valence-electron chi connectivity index (χ3n) is 5.27. The molecule has 6 rings (SSSR count). The molecular weight excluding hydrogens is 344 g/mol. The van der Waals surface area contributed by atoms with E-state index in [2.05, 4.69) is 41.0 Å². The van der Waals surface area contributed by atoms with E-state index in [1.807, 2.05) is 48.5 Å². The van der Waals surface area contributed by atoms with Gasteiger partial charge >= 0.3 is 0 Å². The highest BCUT2D eigenvalue weighted by molar-refractivity contribution is 5.94. The van der Waals surface area contributed by atoms with Crippen molar-refractivity contribution in [3.8, 4) is 34.0 Å². The Morgan fingerprint density at radius 3 is 2.11 bits per heavy atom. The van der Waals surface area contributed by atoms with Crippen LogP contribution in [0.4, 0.5) is 0 Å². The van der Waals surface area contributed by atoms with Crippen LogP contribution in [-0.2, 0) is 6.54 Å². The molecule has 3 aromatic carbocycles. The summed E-state index contributed by atoms with van der Waals surface area (Å²) < 4.78 is 2.25. The third-order valence-corrected chi connectivity index (χ3v) is 5.27. The highest BCUT2D eigenvalue weighted by atomic mass is 15.1. The van der Waals surface area contributed by atoms with E-state index >= 15 is 0 Å². The maximum Gasteiger partial charge on any atom is 0.182 e. The van der Waals surface area contributed by atoms with E-state index in [0.29, 0.717) is 5.82 Å². The second-order valence-electron chi connectivity index (χ2n) is 6.98. The number of nitrogens with zero attached hydrogens (tertiary/aromatic N) is 4. The van der Waals surface area contributed by atoms with Gasteiger partial charge < -0.3 is 4.57 Å². The van der Waals surface area contributed by atoms with Gasteiger partial charge in [0.15, 0.2) is 11.5 Å². The SMILES string of the molecule is c1ccc(-c2nc3c4c(n2)nc(-c2ccccc2)n4Cc2ccccc2-3)cc1. The molecule has 1 aliphatic rings. The predicted octanol–water partition coefficient (Wildman–Crippen LogP) is 5.19. The fourth-order valence-corrected chi connectivity index (χ4v) is 3.96. The van der Waals surface area contributed by atoms with Crippen LogP contribution in [0.15, 0.2) is 84.9 Å². The fourth-order valence-electron chi connectivity index (χ4n) is 3.96. The van der Waals surface area contributed by atoms with Crippen LogP contribution in [0.25, 0.3) is 45.2 Å². The normalized spacial score (nSPS) is 12.1. The van der Waals surface area contributed by atoms with Crippen molar-refractivity contribution in [2.75, 3.05) is 0 Å². The molecule has 4 heteroatoms. The van der Waals surface area contributed by atoms with Crippen LogP contribution in [0, 0.1) is 0 Å². The van der Waals surface area contributed by atoms with Gasteiger partial charge in [0, 0.05) is 16.7 Å². The van der Waals surface area contributed by atoms with Gasteiger partial charge in [0.05, 0.1) is 6.54 Å². The van der Waals surface area contributed by atoms with E-state index in [1.54, 1.807) is 0 Å². The molecule has 0 fully saturated rings. The minimum Gasteiger partial charge on any atom is -0.316 e. The molecule has 0 saturated heterocycles. The van der Waals surface area contributed by atoms with E-state index in [-0.39, 0.29) is 0 Å².